The Labute approximate surface area is 128 Å². The van der Waals surface area contributed by atoms with Gasteiger partial charge in [-0.25, -0.2) is 9.59 Å². The maximum absolute atomic E-state index is 11.9. The van der Waals surface area contributed by atoms with Gasteiger partial charge in [0.2, 0.25) is 5.75 Å². The number of esters is 1. The van der Waals surface area contributed by atoms with Gasteiger partial charge in [-0.05, 0) is 25.0 Å². The van der Waals surface area contributed by atoms with Gasteiger partial charge in [0, 0.05) is 6.54 Å². The van der Waals surface area contributed by atoms with Crippen molar-refractivity contribution < 1.29 is 28.9 Å². The second-order valence-corrected chi connectivity index (χ2v) is 4.36. The third-order valence-electron chi connectivity index (χ3n) is 2.82. The zero-order chi connectivity index (χ0) is 16.5. The maximum atomic E-state index is 11.9. The summed E-state index contributed by atoms with van der Waals surface area (Å²) in [5, 5.41) is 12.2. The fraction of sp³-hybridized carbons (Fsp3) is 0.429. The number of amides is 2. The molecule has 0 radical (unpaired) electrons. The molecule has 1 aromatic rings. The Morgan fingerprint density at radius 1 is 1.18 bits per heavy atom. The summed E-state index contributed by atoms with van der Waals surface area (Å²) < 4.78 is 15.0. The van der Waals surface area contributed by atoms with Crippen LogP contribution in [0.3, 0.4) is 0 Å². The molecule has 1 aromatic carbocycles. The topological polar surface area (TPSA) is 120 Å². The first kappa shape index (κ1) is 17.4. The molecular weight excluding hydrogens is 292 g/mol. The van der Waals surface area contributed by atoms with Gasteiger partial charge >= 0.3 is 12.0 Å². The number of phenols is 1. The zero-order valence-corrected chi connectivity index (χ0v) is 12.5. The third kappa shape index (κ3) is 5.04. The van der Waals surface area contributed by atoms with Gasteiger partial charge in [-0.2, -0.15) is 0 Å². The van der Waals surface area contributed by atoms with Crippen LogP contribution in [0, 0.1) is 0 Å². The predicted molar refractivity (Wildman–Crippen MR) is 78.3 cm³/mol. The quantitative estimate of drug-likeness (QED) is 0.487. The van der Waals surface area contributed by atoms with Crippen molar-refractivity contribution in [1.82, 2.24) is 5.32 Å². The van der Waals surface area contributed by atoms with Gasteiger partial charge in [0.25, 0.3) is 0 Å². The lowest BCUT2D eigenvalue weighted by atomic mass is 10.2. The first-order valence-corrected chi connectivity index (χ1v) is 6.65. The third-order valence-corrected chi connectivity index (χ3v) is 2.82. The highest BCUT2D eigenvalue weighted by molar-refractivity contribution is 5.91. The van der Waals surface area contributed by atoms with Crippen molar-refractivity contribution in [1.29, 1.82) is 0 Å². The zero-order valence-electron chi connectivity index (χ0n) is 12.5. The highest BCUT2D eigenvalue weighted by Gasteiger charge is 2.16. The Hall–Kier alpha value is -2.64. The smallest absolute Gasteiger partial charge is 0.338 e. The number of benzene rings is 1. The Kier molecular flexibility index (Phi) is 6.81. The van der Waals surface area contributed by atoms with Gasteiger partial charge in [-0.3, -0.25) is 0 Å². The molecule has 0 fully saturated rings. The van der Waals surface area contributed by atoms with E-state index < -0.39 is 12.0 Å². The molecule has 0 saturated carbocycles. The van der Waals surface area contributed by atoms with Gasteiger partial charge in [-0.1, -0.05) is 0 Å². The second-order valence-electron chi connectivity index (χ2n) is 4.36. The van der Waals surface area contributed by atoms with E-state index in [1.165, 1.54) is 26.4 Å². The van der Waals surface area contributed by atoms with Crippen molar-refractivity contribution in [2.24, 2.45) is 5.73 Å². The number of hydrogen-bond acceptors (Lipinski definition) is 6. The number of urea groups is 1. The van der Waals surface area contributed by atoms with Crippen LogP contribution in [-0.4, -0.2) is 44.5 Å². The number of ether oxygens (including phenoxy) is 3. The Bertz CT molecular complexity index is 507. The molecule has 8 nitrogen and oxygen atoms in total. The molecule has 0 unspecified atom stereocenters. The van der Waals surface area contributed by atoms with Crippen molar-refractivity contribution in [3.8, 4) is 17.2 Å². The molecule has 22 heavy (non-hydrogen) atoms. The average molecular weight is 312 g/mol. The normalized spacial score (nSPS) is 9.91. The van der Waals surface area contributed by atoms with Crippen LogP contribution in [-0.2, 0) is 4.74 Å². The van der Waals surface area contributed by atoms with E-state index in [1.54, 1.807) is 0 Å². The van der Waals surface area contributed by atoms with Crippen molar-refractivity contribution >= 4 is 12.0 Å². The fourth-order valence-electron chi connectivity index (χ4n) is 1.70. The number of phenolic OH excluding ortho intramolecular Hbond substituents is 1. The Morgan fingerprint density at radius 3 is 2.27 bits per heavy atom. The number of aromatic hydroxyl groups is 1. The lowest BCUT2D eigenvalue weighted by molar-refractivity contribution is 0.0497. The first-order chi connectivity index (χ1) is 10.5. The molecule has 2 amide bonds. The molecular formula is C14H20N2O6. The van der Waals surface area contributed by atoms with Gasteiger partial charge in [0.05, 0.1) is 26.4 Å². The molecule has 0 aliphatic heterocycles. The lowest BCUT2D eigenvalue weighted by Gasteiger charge is -2.11. The van der Waals surface area contributed by atoms with E-state index in [-0.39, 0.29) is 29.4 Å². The van der Waals surface area contributed by atoms with Crippen LogP contribution >= 0.6 is 0 Å². The number of unbranched alkanes of at least 4 members (excludes halogenated alkanes) is 1. The summed E-state index contributed by atoms with van der Waals surface area (Å²) in [6.45, 7) is 0.624. The van der Waals surface area contributed by atoms with Crippen LogP contribution in [0.25, 0.3) is 0 Å². The minimum absolute atomic E-state index is 0.122. The number of hydrogen-bond donors (Lipinski definition) is 3. The summed E-state index contributed by atoms with van der Waals surface area (Å²) in [5.74, 6) is -0.493. The van der Waals surface area contributed by atoms with E-state index in [0.29, 0.717) is 19.4 Å². The van der Waals surface area contributed by atoms with E-state index in [4.69, 9.17) is 19.9 Å². The monoisotopic (exact) mass is 312 g/mol. The predicted octanol–water partition coefficient (Wildman–Crippen LogP) is 1.01. The van der Waals surface area contributed by atoms with Crippen LogP contribution in [0.5, 0.6) is 17.2 Å². The number of methoxy groups -OCH3 is 2. The van der Waals surface area contributed by atoms with Gasteiger partial charge in [0.1, 0.15) is 0 Å². The van der Waals surface area contributed by atoms with Crippen LogP contribution in [0.2, 0.25) is 0 Å². The molecule has 0 aliphatic rings. The molecule has 1 rings (SSSR count). The summed E-state index contributed by atoms with van der Waals surface area (Å²) in [5.41, 5.74) is 5.13. The van der Waals surface area contributed by atoms with Crippen molar-refractivity contribution in [2.75, 3.05) is 27.4 Å². The molecule has 0 bridgehead atoms. The van der Waals surface area contributed by atoms with Crippen molar-refractivity contribution in [2.45, 2.75) is 12.8 Å². The first-order valence-electron chi connectivity index (χ1n) is 6.65. The number of primary amides is 1. The number of carbonyl (C=O) groups excluding carboxylic acids is 2. The van der Waals surface area contributed by atoms with Gasteiger partial charge in [-0.15, -0.1) is 0 Å². The lowest BCUT2D eigenvalue weighted by Crippen LogP contribution is -2.30. The molecule has 0 aromatic heterocycles. The molecule has 0 atom stereocenters. The number of rotatable bonds is 8. The van der Waals surface area contributed by atoms with E-state index >= 15 is 0 Å². The van der Waals surface area contributed by atoms with E-state index in [1.807, 2.05) is 0 Å². The van der Waals surface area contributed by atoms with Gasteiger partial charge in [0.15, 0.2) is 11.5 Å². The molecule has 0 spiro atoms. The largest absolute Gasteiger partial charge is 0.502 e. The average Bonchev–Trinajstić information content (AvgIpc) is 2.50. The summed E-state index contributed by atoms with van der Waals surface area (Å²) in [7, 11) is 2.74. The van der Waals surface area contributed by atoms with E-state index in [9.17, 15) is 14.7 Å². The molecule has 8 heteroatoms. The van der Waals surface area contributed by atoms with Crippen LogP contribution in [0.1, 0.15) is 23.2 Å². The standard InChI is InChI=1S/C14H20N2O6/c1-20-10-7-9(8-11(21-2)12(10)17)13(18)22-6-4-3-5-16-14(15)19/h7-8,17H,3-6H2,1-2H3,(H3,15,16,19). The summed E-state index contributed by atoms with van der Waals surface area (Å²) in [6, 6.07) is 2.16. The highest BCUT2D eigenvalue weighted by atomic mass is 16.5. The minimum Gasteiger partial charge on any atom is -0.502 e. The Morgan fingerprint density at radius 2 is 1.77 bits per heavy atom. The van der Waals surface area contributed by atoms with Crippen LogP contribution < -0.4 is 20.5 Å². The molecule has 0 saturated heterocycles. The van der Waals surface area contributed by atoms with Crippen LogP contribution in [0.15, 0.2) is 12.1 Å². The summed E-state index contributed by atoms with van der Waals surface area (Å²) >= 11 is 0. The van der Waals surface area contributed by atoms with Gasteiger partial charge < -0.3 is 30.4 Å². The number of carbonyl (C=O) groups is 2. The minimum atomic E-state index is -0.583. The van der Waals surface area contributed by atoms with E-state index in [2.05, 4.69) is 5.32 Å². The molecule has 122 valence electrons. The summed E-state index contributed by atoms with van der Waals surface area (Å²) in [6.07, 6.45) is 1.22. The van der Waals surface area contributed by atoms with Crippen molar-refractivity contribution in [3.05, 3.63) is 17.7 Å². The molecule has 0 heterocycles. The second kappa shape index (κ2) is 8.60. The SMILES string of the molecule is COc1cc(C(=O)OCCCCNC(N)=O)cc(OC)c1O. The molecule has 4 N–H and O–H groups in total. The number of nitrogens with two attached hydrogens (primary N) is 1. The van der Waals surface area contributed by atoms with Crippen molar-refractivity contribution in [3.63, 3.8) is 0 Å². The van der Waals surface area contributed by atoms with Crippen LogP contribution in [0.4, 0.5) is 4.79 Å². The fourth-order valence-corrected chi connectivity index (χ4v) is 1.70. The maximum Gasteiger partial charge on any atom is 0.338 e. The number of nitrogens with one attached hydrogen (secondary N) is 1. The van der Waals surface area contributed by atoms with E-state index in [0.717, 1.165) is 0 Å². The Balaban J connectivity index is 2.53. The highest BCUT2D eigenvalue weighted by Crippen LogP contribution is 2.37. The molecule has 0 aliphatic carbocycles. The summed E-state index contributed by atoms with van der Waals surface area (Å²) in [4.78, 5) is 22.4.